The van der Waals surface area contributed by atoms with Gasteiger partial charge in [0.05, 0.1) is 12.7 Å². The second kappa shape index (κ2) is 7.07. The van der Waals surface area contributed by atoms with E-state index in [1.165, 1.54) is 19.2 Å². The predicted octanol–water partition coefficient (Wildman–Crippen LogP) is 3.47. The highest BCUT2D eigenvalue weighted by atomic mass is 79.9. The van der Waals surface area contributed by atoms with E-state index >= 15 is 0 Å². The van der Waals surface area contributed by atoms with E-state index in [0.717, 1.165) is 31.1 Å². The Hall–Kier alpha value is -1.10. The van der Waals surface area contributed by atoms with Crippen molar-refractivity contribution in [1.29, 1.82) is 0 Å². The van der Waals surface area contributed by atoms with Gasteiger partial charge >= 0.3 is 0 Å². The molecule has 0 radical (unpaired) electrons. The molecule has 0 saturated carbocycles. The molecule has 20 heavy (non-hydrogen) atoms. The van der Waals surface area contributed by atoms with Crippen molar-refractivity contribution in [3.8, 4) is 5.75 Å². The Morgan fingerprint density at radius 1 is 1.55 bits per heavy atom. The zero-order valence-electron chi connectivity index (χ0n) is 11.6. The molecule has 2 rings (SSSR count). The molecule has 1 aliphatic rings. The number of benzene rings is 1. The molecule has 3 nitrogen and oxygen atoms in total. The number of nitrogens with zero attached hydrogens (tertiary/aromatic N) is 1. The van der Waals surface area contributed by atoms with E-state index in [2.05, 4.69) is 15.9 Å². The molecule has 1 atom stereocenters. The first-order valence-electron chi connectivity index (χ1n) is 6.84. The number of likely N-dealkylation sites (tertiary alicyclic amines) is 1. The van der Waals surface area contributed by atoms with Gasteiger partial charge in [0.2, 0.25) is 0 Å². The van der Waals surface area contributed by atoms with E-state index in [9.17, 15) is 9.18 Å². The van der Waals surface area contributed by atoms with Crippen LogP contribution in [0.4, 0.5) is 4.39 Å². The number of hydrogen-bond donors (Lipinski definition) is 0. The number of rotatable bonds is 4. The Balaban J connectivity index is 2.10. The molecule has 1 heterocycles. The van der Waals surface area contributed by atoms with Crippen LogP contribution in [-0.2, 0) is 0 Å². The summed E-state index contributed by atoms with van der Waals surface area (Å²) in [6, 6.07) is 4.38. The summed E-state index contributed by atoms with van der Waals surface area (Å²) in [7, 11) is 1.48. The summed E-state index contributed by atoms with van der Waals surface area (Å²) >= 11 is 3.44. The largest absolute Gasteiger partial charge is 0.497 e. The Morgan fingerprint density at radius 2 is 2.35 bits per heavy atom. The molecular weight excluding hydrogens is 325 g/mol. The molecule has 5 heteroatoms. The van der Waals surface area contributed by atoms with Crippen LogP contribution in [0.1, 0.15) is 29.6 Å². The fraction of sp³-hybridized carbons (Fsp3) is 0.533. The van der Waals surface area contributed by atoms with Crippen molar-refractivity contribution in [3.05, 3.63) is 29.6 Å². The predicted molar refractivity (Wildman–Crippen MR) is 80.0 cm³/mol. The summed E-state index contributed by atoms with van der Waals surface area (Å²) in [6.07, 6.45) is 3.18. The number of hydrogen-bond acceptors (Lipinski definition) is 2. The zero-order valence-corrected chi connectivity index (χ0v) is 13.2. The third-order valence-corrected chi connectivity index (χ3v) is 4.19. The van der Waals surface area contributed by atoms with E-state index in [4.69, 9.17) is 4.74 Å². The number of piperidine rings is 1. The summed E-state index contributed by atoms with van der Waals surface area (Å²) < 4.78 is 18.9. The van der Waals surface area contributed by atoms with Crippen molar-refractivity contribution in [2.75, 3.05) is 25.5 Å². The van der Waals surface area contributed by atoms with Crippen LogP contribution < -0.4 is 4.74 Å². The number of ether oxygens (including phenoxy) is 1. The molecule has 1 unspecified atom stereocenters. The Bertz CT molecular complexity index is 479. The highest BCUT2D eigenvalue weighted by Crippen LogP contribution is 2.24. The highest BCUT2D eigenvalue weighted by Gasteiger charge is 2.25. The average molecular weight is 344 g/mol. The van der Waals surface area contributed by atoms with E-state index < -0.39 is 5.82 Å². The fourth-order valence-corrected chi connectivity index (χ4v) is 3.25. The number of alkyl halides is 1. The van der Waals surface area contributed by atoms with Gasteiger partial charge < -0.3 is 9.64 Å². The summed E-state index contributed by atoms with van der Waals surface area (Å²) in [6.45, 7) is 1.43. The molecule has 0 spiro atoms. The van der Waals surface area contributed by atoms with Crippen LogP contribution in [0.25, 0.3) is 0 Å². The van der Waals surface area contributed by atoms with E-state index in [0.29, 0.717) is 18.2 Å². The van der Waals surface area contributed by atoms with Crippen LogP contribution in [0.3, 0.4) is 0 Å². The van der Waals surface area contributed by atoms with Crippen molar-refractivity contribution in [2.24, 2.45) is 5.92 Å². The van der Waals surface area contributed by atoms with Gasteiger partial charge in [-0.3, -0.25) is 4.79 Å². The Morgan fingerprint density at radius 3 is 3.00 bits per heavy atom. The van der Waals surface area contributed by atoms with Crippen molar-refractivity contribution in [1.82, 2.24) is 4.90 Å². The second-order valence-corrected chi connectivity index (χ2v) is 5.88. The highest BCUT2D eigenvalue weighted by molar-refractivity contribution is 9.09. The van der Waals surface area contributed by atoms with Crippen molar-refractivity contribution in [2.45, 2.75) is 19.3 Å². The van der Waals surface area contributed by atoms with Crippen LogP contribution in [0.5, 0.6) is 5.75 Å². The van der Waals surface area contributed by atoms with E-state index in [-0.39, 0.29) is 11.5 Å². The molecule has 110 valence electrons. The molecular formula is C15H19BrFNO2. The maximum absolute atomic E-state index is 14.0. The summed E-state index contributed by atoms with van der Waals surface area (Å²) in [4.78, 5) is 14.2. The number of methoxy groups -OCH3 is 1. The number of carbonyl (C=O) groups is 1. The van der Waals surface area contributed by atoms with Gasteiger partial charge in [-0.25, -0.2) is 4.39 Å². The minimum absolute atomic E-state index is 0.130. The summed E-state index contributed by atoms with van der Waals surface area (Å²) in [5.74, 6) is 0.199. The van der Waals surface area contributed by atoms with Gasteiger partial charge in [0.1, 0.15) is 11.6 Å². The average Bonchev–Trinajstić information content (AvgIpc) is 2.47. The molecule has 0 aliphatic carbocycles. The van der Waals surface area contributed by atoms with Crippen LogP contribution in [0, 0.1) is 11.7 Å². The molecule has 1 aliphatic heterocycles. The molecule has 1 aromatic carbocycles. The lowest BCUT2D eigenvalue weighted by Gasteiger charge is -2.32. The minimum atomic E-state index is -0.517. The normalized spacial score (nSPS) is 18.9. The fourth-order valence-electron chi connectivity index (χ4n) is 2.61. The van der Waals surface area contributed by atoms with Crippen LogP contribution in [-0.4, -0.2) is 36.3 Å². The lowest BCUT2D eigenvalue weighted by molar-refractivity contribution is 0.0667. The van der Waals surface area contributed by atoms with Gasteiger partial charge in [-0.15, -0.1) is 0 Å². The smallest absolute Gasteiger partial charge is 0.256 e. The number of amides is 1. The Labute approximate surface area is 127 Å². The first-order valence-corrected chi connectivity index (χ1v) is 7.96. The maximum atomic E-state index is 14.0. The summed E-state index contributed by atoms with van der Waals surface area (Å²) in [5, 5.41) is 0.941. The van der Waals surface area contributed by atoms with Crippen LogP contribution in [0.2, 0.25) is 0 Å². The van der Waals surface area contributed by atoms with Crippen LogP contribution >= 0.6 is 15.9 Å². The van der Waals surface area contributed by atoms with E-state index in [1.54, 1.807) is 11.0 Å². The molecule has 1 saturated heterocycles. The standard InChI is InChI=1S/C15H19BrFNO2/c1-20-12-4-5-13(14(17)9-12)15(19)18-8-2-3-11(10-18)6-7-16/h4-5,9,11H,2-3,6-8,10H2,1H3. The SMILES string of the molecule is COc1ccc(C(=O)N2CCCC(CCBr)C2)c(F)c1. The monoisotopic (exact) mass is 343 g/mol. The first-order chi connectivity index (χ1) is 9.65. The molecule has 1 fully saturated rings. The molecule has 1 aromatic rings. The Kier molecular flexibility index (Phi) is 5.40. The van der Waals surface area contributed by atoms with E-state index in [1.807, 2.05) is 0 Å². The van der Waals surface area contributed by atoms with Gasteiger partial charge in [0, 0.05) is 24.5 Å². The van der Waals surface area contributed by atoms with Gasteiger partial charge in [-0.05, 0) is 37.3 Å². The molecule has 0 bridgehead atoms. The third-order valence-electron chi connectivity index (χ3n) is 3.73. The zero-order chi connectivity index (χ0) is 14.5. The molecule has 0 N–H and O–H groups in total. The van der Waals surface area contributed by atoms with Crippen molar-refractivity contribution >= 4 is 21.8 Å². The van der Waals surface area contributed by atoms with Gasteiger partial charge in [-0.1, -0.05) is 15.9 Å². The number of carbonyl (C=O) groups excluding carboxylic acids is 1. The van der Waals surface area contributed by atoms with Crippen molar-refractivity contribution < 1.29 is 13.9 Å². The quantitative estimate of drug-likeness (QED) is 0.783. The molecule has 0 aromatic heterocycles. The lowest BCUT2D eigenvalue weighted by atomic mass is 9.95. The maximum Gasteiger partial charge on any atom is 0.256 e. The summed E-state index contributed by atoms with van der Waals surface area (Å²) in [5.41, 5.74) is 0.130. The number of halogens is 2. The van der Waals surface area contributed by atoms with Gasteiger partial charge in [0.15, 0.2) is 0 Å². The minimum Gasteiger partial charge on any atom is -0.497 e. The topological polar surface area (TPSA) is 29.5 Å². The first kappa shape index (κ1) is 15.3. The van der Waals surface area contributed by atoms with Crippen LogP contribution in [0.15, 0.2) is 18.2 Å². The molecule has 1 amide bonds. The third kappa shape index (κ3) is 3.51. The lowest BCUT2D eigenvalue weighted by Crippen LogP contribution is -2.40. The van der Waals surface area contributed by atoms with Gasteiger partial charge in [0.25, 0.3) is 5.91 Å². The second-order valence-electron chi connectivity index (χ2n) is 5.08. The van der Waals surface area contributed by atoms with Crippen molar-refractivity contribution in [3.63, 3.8) is 0 Å². The van der Waals surface area contributed by atoms with Gasteiger partial charge in [-0.2, -0.15) is 0 Å².